The first-order chi connectivity index (χ1) is 8.97. The van der Waals surface area contributed by atoms with E-state index in [1.54, 1.807) is 7.05 Å². The van der Waals surface area contributed by atoms with Gasteiger partial charge in [0.1, 0.15) is 0 Å². The summed E-state index contributed by atoms with van der Waals surface area (Å²) in [6.45, 7) is 2.95. The SMILES string of the molecule is CCN(C)C(=O)CNC(=O)NCCOCCC(=O)O. The quantitative estimate of drug-likeness (QED) is 0.480. The highest BCUT2D eigenvalue weighted by molar-refractivity contribution is 5.83. The van der Waals surface area contributed by atoms with Crippen LogP contribution in [0.4, 0.5) is 4.79 Å². The molecule has 8 nitrogen and oxygen atoms in total. The zero-order chi connectivity index (χ0) is 14.7. The first kappa shape index (κ1) is 17.2. The number of ether oxygens (including phenoxy) is 1. The summed E-state index contributed by atoms with van der Waals surface area (Å²) in [5.41, 5.74) is 0. The Bertz CT molecular complexity index is 309. The lowest BCUT2D eigenvalue weighted by Gasteiger charge is -2.14. The molecule has 0 fully saturated rings. The predicted octanol–water partition coefficient (Wildman–Crippen LogP) is -0.745. The minimum absolute atomic E-state index is 0.0595. The fraction of sp³-hybridized carbons (Fsp3) is 0.727. The molecular formula is C11H21N3O5. The van der Waals surface area contributed by atoms with Gasteiger partial charge in [-0.05, 0) is 6.92 Å². The topological polar surface area (TPSA) is 108 Å². The number of hydrogen-bond donors (Lipinski definition) is 3. The standard InChI is InChI=1S/C11H21N3O5/c1-3-14(2)9(15)8-13-11(18)12-5-7-19-6-4-10(16)17/h3-8H2,1-2H3,(H,16,17)(H2,12,13,18). The van der Waals surface area contributed by atoms with E-state index in [4.69, 9.17) is 9.84 Å². The molecule has 0 saturated heterocycles. The number of carboxylic acids is 1. The molecule has 0 atom stereocenters. The van der Waals surface area contributed by atoms with Gasteiger partial charge in [-0.15, -0.1) is 0 Å². The van der Waals surface area contributed by atoms with Crippen molar-refractivity contribution in [3.8, 4) is 0 Å². The fourth-order valence-corrected chi connectivity index (χ4v) is 1.03. The highest BCUT2D eigenvalue weighted by atomic mass is 16.5. The average molecular weight is 275 g/mol. The predicted molar refractivity (Wildman–Crippen MR) is 67.8 cm³/mol. The molecule has 0 aromatic rings. The number of hydrogen-bond acceptors (Lipinski definition) is 4. The largest absolute Gasteiger partial charge is 0.481 e. The average Bonchev–Trinajstić information content (AvgIpc) is 2.38. The maximum absolute atomic E-state index is 11.4. The summed E-state index contributed by atoms with van der Waals surface area (Å²) in [6.07, 6.45) is -0.0654. The molecule has 0 spiro atoms. The van der Waals surface area contributed by atoms with Crippen LogP contribution in [0.2, 0.25) is 0 Å². The third kappa shape index (κ3) is 9.83. The van der Waals surface area contributed by atoms with Crippen LogP contribution in [-0.4, -0.2) is 67.8 Å². The van der Waals surface area contributed by atoms with E-state index in [0.717, 1.165) is 0 Å². The van der Waals surface area contributed by atoms with Crippen molar-refractivity contribution in [3.05, 3.63) is 0 Å². The Morgan fingerprint density at radius 3 is 2.47 bits per heavy atom. The number of likely N-dealkylation sites (N-methyl/N-ethyl adjacent to an activating group) is 1. The third-order valence-electron chi connectivity index (χ3n) is 2.29. The Kier molecular flexibility index (Phi) is 9.15. The first-order valence-electron chi connectivity index (χ1n) is 6.02. The van der Waals surface area contributed by atoms with E-state index in [1.165, 1.54) is 4.90 Å². The van der Waals surface area contributed by atoms with E-state index in [9.17, 15) is 14.4 Å². The van der Waals surface area contributed by atoms with Crippen LogP contribution in [0.1, 0.15) is 13.3 Å². The molecule has 19 heavy (non-hydrogen) atoms. The van der Waals surface area contributed by atoms with Gasteiger partial charge in [-0.1, -0.05) is 0 Å². The lowest BCUT2D eigenvalue weighted by Crippen LogP contribution is -2.43. The Labute approximate surface area is 112 Å². The monoisotopic (exact) mass is 275 g/mol. The zero-order valence-corrected chi connectivity index (χ0v) is 11.3. The van der Waals surface area contributed by atoms with Gasteiger partial charge in [-0.25, -0.2) is 4.79 Å². The molecule has 0 rings (SSSR count). The van der Waals surface area contributed by atoms with Crippen LogP contribution in [0.15, 0.2) is 0 Å². The van der Waals surface area contributed by atoms with Gasteiger partial charge in [0.15, 0.2) is 0 Å². The maximum atomic E-state index is 11.4. The molecule has 3 amide bonds. The van der Waals surface area contributed by atoms with Gasteiger partial charge in [0.2, 0.25) is 5.91 Å². The van der Waals surface area contributed by atoms with Crippen LogP contribution in [-0.2, 0) is 14.3 Å². The molecule has 0 aromatic carbocycles. The molecular weight excluding hydrogens is 254 g/mol. The Balaban J connectivity index is 3.50. The number of carboxylic acid groups (broad SMARTS) is 1. The van der Waals surface area contributed by atoms with Gasteiger partial charge in [0, 0.05) is 20.1 Å². The van der Waals surface area contributed by atoms with E-state index in [-0.39, 0.29) is 38.6 Å². The number of nitrogens with one attached hydrogen (secondary N) is 2. The summed E-state index contributed by atoms with van der Waals surface area (Å²) in [5.74, 6) is -1.10. The molecule has 0 radical (unpaired) electrons. The second-order valence-electron chi connectivity index (χ2n) is 3.77. The molecule has 0 aliphatic carbocycles. The number of nitrogens with zero attached hydrogens (tertiary/aromatic N) is 1. The third-order valence-corrected chi connectivity index (χ3v) is 2.29. The summed E-state index contributed by atoms with van der Waals surface area (Å²) in [4.78, 5) is 34.3. The number of urea groups is 1. The summed E-state index contributed by atoms with van der Waals surface area (Å²) >= 11 is 0. The minimum Gasteiger partial charge on any atom is -0.481 e. The minimum atomic E-state index is -0.927. The van der Waals surface area contributed by atoms with Crippen LogP contribution in [0.5, 0.6) is 0 Å². The highest BCUT2D eigenvalue weighted by Crippen LogP contribution is 1.83. The van der Waals surface area contributed by atoms with E-state index >= 15 is 0 Å². The highest BCUT2D eigenvalue weighted by Gasteiger charge is 2.07. The van der Waals surface area contributed by atoms with Crippen LogP contribution >= 0.6 is 0 Å². The van der Waals surface area contributed by atoms with Crippen molar-refractivity contribution in [1.29, 1.82) is 0 Å². The molecule has 0 bridgehead atoms. The van der Waals surface area contributed by atoms with Crippen LogP contribution in [0, 0.1) is 0 Å². The second kappa shape index (κ2) is 10.1. The molecule has 8 heteroatoms. The summed E-state index contributed by atoms with van der Waals surface area (Å²) in [6, 6.07) is -0.459. The lowest BCUT2D eigenvalue weighted by molar-refractivity contribution is -0.138. The molecule has 0 heterocycles. The smallest absolute Gasteiger partial charge is 0.315 e. The number of carbonyl (C=O) groups excluding carboxylic acids is 2. The Morgan fingerprint density at radius 1 is 1.21 bits per heavy atom. The van der Waals surface area contributed by atoms with Crippen molar-refractivity contribution in [2.75, 3.05) is 39.9 Å². The lowest BCUT2D eigenvalue weighted by atomic mass is 10.5. The van der Waals surface area contributed by atoms with Crippen molar-refractivity contribution >= 4 is 17.9 Å². The Hall–Kier alpha value is -1.83. The van der Waals surface area contributed by atoms with Crippen molar-refractivity contribution in [2.24, 2.45) is 0 Å². The van der Waals surface area contributed by atoms with Crippen molar-refractivity contribution in [3.63, 3.8) is 0 Å². The van der Waals surface area contributed by atoms with Crippen molar-refractivity contribution < 1.29 is 24.2 Å². The fourth-order valence-electron chi connectivity index (χ4n) is 1.03. The molecule has 0 unspecified atom stereocenters. The summed E-state index contributed by atoms with van der Waals surface area (Å²) < 4.78 is 4.98. The molecule has 3 N–H and O–H groups in total. The number of amides is 3. The number of aliphatic carboxylic acids is 1. The molecule has 0 aliphatic heterocycles. The van der Waals surface area contributed by atoms with E-state index in [2.05, 4.69) is 10.6 Å². The molecule has 110 valence electrons. The number of rotatable bonds is 9. The number of carbonyl (C=O) groups is 3. The van der Waals surface area contributed by atoms with Crippen LogP contribution in [0.3, 0.4) is 0 Å². The van der Waals surface area contributed by atoms with E-state index in [1.807, 2.05) is 6.92 Å². The second-order valence-corrected chi connectivity index (χ2v) is 3.77. The van der Waals surface area contributed by atoms with Crippen LogP contribution < -0.4 is 10.6 Å². The van der Waals surface area contributed by atoms with E-state index in [0.29, 0.717) is 6.54 Å². The van der Waals surface area contributed by atoms with Gasteiger partial charge in [-0.3, -0.25) is 9.59 Å². The van der Waals surface area contributed by atoms with Gasteiger partial charge in [0.25, 0.3) is 0 Å². The molecule has 0 aromatic heterocycles. The maximum Gasteiger partial charge on any atom is 0.315 e. The Morgan fingerprint density at radius 2 is 1.89 bits per heavy atom. The normalized spacial score (nSPS) is 9.79. The zero-order valence-electron chi connectivity index (χ0n) is 11.3. The van der Waals surface area contributed by atoms with E-state index < -0.39 is 12.0 Å². The van der Waals surface area contributed by atoms with Gasteiger partial charge < -0.3 is 25.4 Å². The van der Waals surface area contributed by atoms with Crippen LogP contribution in [0.25, 0.3) is 0 Å². The summed E-state index contributed by atoms with van der Waals surface area (Å²) in [7, 11) is 1.65. The summed E-state index contributed by atoms with van der Waals surface area (Å²) in [5, 5.41) is 13.3. The van der Waals surface area contributed by atoms with Gasteiger partial charge >= 0.3 is 12.0 Å². The molecule has 0 saturated carbocycles. The van der Waals surface area contributed by atoms with Crippen molar-refractivity contribution in [1.82, 2.24) is 15.5 Å². The van der Waals surface area contributed by atoms with Gasteiger partial charge in [-0.2, -0.15) is 0 Å². The van der Waals surface area contributed by atoms with Gasteiger partial charge in [0.05, 0.1) is 26.2 Å². The first-order valence-corrected chi connectivity index (χ1v) is 6.02. The molecule has 0 aliphatic rings. The van der Waals surface area contributed by atoms with Crippen molar-refractivity contribution in [2.45, 2.75) is 13.3 Å².